The van der Waals surface area contributed by atoms with E-state index >= 15 is 0 Å². The Kier molecular flexibility index (Phi) is 4.13. The molecule has 0 spiro atoms. The van der Waals surface area contributed by atoms with Crippen LogP contribution in [0.4, 0.5) is 0 Å². The van der Waals surface area contributed by atoms with Gasteiger partial charge in [0.25, 0.3) is 0 Å². The monoisotopic (exact) mass is 341 g/mol. The number of rotatable bonds is 4. The van der Waals surface area contributed by atoms with Crippen LogP contribution in [0.5, 0.6) is 0 Å². The number of aryl methyl sites for hydroxylation is 3. The van der Waals surface area contributed by atoms with E-state index in [0.29, 0.717) is 11.8 Å². The summed E-state index contributed by atoms with van der Waals surface area (Å²) in [7, 11) is 1.93. The van der Waals surface area contributed by atoms with E-state index in [9.17, 15) is 4.79 Å². The molecule has 2 aromatic heterocycles. The highest BCUT2D eigenvalue weighted by atomic mass is 16.2. The van der Waals surface area contributed by atoms with Crippen LogP contribution in [0, 0.1) is 19.8 Å². The van der Waals surface area contributed by atoms with Gasteiger partial charge in [-0.2, -0.15) is 10.2 Å². The van der Waals surface area contributed by atoms with E-state index < -0.39 is 0 Å². The van der Waals surface area contributed by atoms with Gasteiger partial charge in [0.15, 0.2) is 0 Å². The van der Waals surface area contributed by atoms with E-state index in [1.807, 2.05) is 31.0 Å². The molecule has 0 unspecified atom stereocenters. The summed E-state index contributed by atoms with van der Waals surface area (Å²) in [5, 5.41) is 8.84. The highest BCUT2D eigenvalue weighted by Crippen LogP contribution is 2.48. The fourth-order valence-electron chi connectivity index (χ4n) is 4.22. The Morgan fingerprint density at radius 1 is 1.32 bits per heavy atom. The highest BCUT2D eigenvalue weighted by Gasteiger charge is 2.47. The summed E-state index contributed by atoms with van der Waals surface area (Å²) >= 11 is 0. The van der Waals surface area contributed by atoms with Crippen LogP contribution in [0.25, 0.3) is 0 Å². The molecule has 6 heteroatoms. The number of amides is 1. The Morgan fingerprint density at radius 3 is 2.84 bits per heavy atom. The molecule has 0 aromatic carbocycles. The van der Waals surface area contributed by atoms with Gasteiger partial charge in [-0.15, -0.1) is 0 Å². The van der Waals surface area contributed by atoms with Crippen LogP contribution < -0.4 is 0 Å². The summed E-state index contributed by atoms with van der Waals surface area (Å²) in [6.07, 6.45) is 8.30. The van der Waals surface area contributed by atoms with Crippen molar-refractivity contribution in [3.8, 4) is 0 Å². The number of hydrogen-bond donors (Lipinski definition) is 0. The largest absolute Gasteiger partial charge is 0.338 e. The predicted molar refractivity (Wildman–Crippen MR) is 95.1 cm³/mol. The van der Waals surface area contributed by atoms with Gasteiger partial charge in [0.2, 0.25) is 5.91 Å². The summed E-state index contributed by atoms with van der Waals surface area (Å²) in [5.74, 6) is 0.836. The first kappa shape index (κ1) is 16.4. The number of carbonyl (C=O) groups excluding carboxylic acids is 1. The van der Waals surface area contributed by atoms with Gasteiger partial charge >= 0.3 is 0 Å². The average molecular weight is 341 g/mol. The fourth-order valence-corrected chi connectivity index (χ4v) is 4.22. The average Bonchev–Trinajstić information content (AvgIpc) is 3.17. The lowest BCUT2D eigenvalue weighted by atomic mass is 10.0. The SMILES string of the molecule is Cc1cc(C)n(C[C@@H]2CCCCN2C(=O)[C@H]2C[C@@H]2c2cnn(C)c2)n1. The molecule has 0 bridgehead atoms. The maximum absolute atomic E-state index is 13.1. The lowest BCUT2D eigenvalue weighted by Crippen LogP contribution is -2.47. The molecule has 3 heterocycles. The maximum Gasteiger partial charge on any atom is 0.226 e. The smallest absolute Gasteiger partial charge is 0.226 e. The van der Waals surface area contributed by atoms with Crippen molar-refractivity contribution in [2.75, 3.05) is 6.54 Å². The fraction of sp³-hybridized carbons (Fsp3) is 0.632. The van der Waals surface area contributed by atoms with Crippen LogP contribution in [-0.4, -0.2) is 43.0 Å². The molecule has 2 aliphatic rings. The molecule has 4 rings (SSSR count). The van der Waals surface area contributed by atoms with Crippen LogP contribution in [-0.2, 0) is 18.4 Å². The Balaban J connectivity index is 1.46. The van der Waals surface area contributed by atoms with Crippen molar-refractivity contribution in [1.29, 1.82) is 0 Å². The van der Waals surface area contributed by atoms with Gasteiger partial charge in [0.1, 0.15) is 0 Å². The number of piperidine rings is 1. The second kappa shape index (κ2) is 6.32. The van der Waals surface area contributed by atoms with E-state index in [1.54, 1.807) is 0 Å². The number of likely N-dealkylation sites (tertiary alicyclic amines) is 1. The maximum atomic E-state index is 13.1. The first-order valence-corrected chi connectivity index (χ1v) is 9.33. The van der Waals surface area contributed by atoms with Crippen molar-refractivity contribution in [2.45, 2.75) is 58.0 Å². The summed E-state index contributed by atoms with van der Waals surface area (Å²) in [6.45, 7) is 5.82. The minimum atomic E-state index is 0.144. The molecule has 2 fully saturated rings. The first-order chi connectivity index (χ1) is 12.0. The van der Waals surface area contributed by atoms with Gasteiger partial charge in [0, 0.05) is 31.4 Å². The van der Waals surface area contributed by atoms with Crippen LogP contribution in [0.2, 0.25) is 0 Å². The van der Waals surface area contributed by atoms with Crippen molar-refractivity contribution in [2.24, 2.45) is 13.0 Å². The van der Waals surface area contributed by atoms with Crippen molar-refractivity contribution < 1.29 is 4.79 Å². The molecule has 1 amide bonds. The normalized spacial score (nSPS) is 26.0. The molecule has 134 valence electrons. The van der Waals surface area contributed by atoms with Crippen molar-refractivity contribution in [3.63, 3.8) is 0 Å². The molecule has 0 N–H and O–H groups in total. The zero-order chi connectivity index (χ0) is 17.6. The van der Waals surface area contributed by atoms with Crippen molar-refractivity contribution in [1.82, 2.24) is 24.5 Å². The number of nitrogens with zero attached hydrogens (tertiary/aromatic N) is 5. The summed E-state index contributed by atoms with van der Waals surface area (Å²) in [5.41, 5.74) is 3.42. The van der Waals surface area contributed by atoms with Crippen LogP contribution in [0.15, 0.2) is 18.5 Å². The molecule has 0 radical (unpaired) electrons. The molecule has 6 nitrogen and oxygen atoms in total. The second-order valence-corrected chi connectivity index (χ2v) is 7.69. The van der Waals surface area contributed by atoms with E-state index in [2.05, 4.69) is 32.8 Å². The quantitative estimate of drug-likeness (QED) is 0.858. The number of carbonyl (C=O) groups is 1. The number of hydrogen-bond acceptors (Lipinski definition) is 3. The zero-order valence-corrected chi connectivity index (χ0v) is 15.4. The molecular weight excluding hydrogens is 314 g/mol. The summed E-state index contributed by atoms with van der Waals surface area (Å²) < 4.78 is 3.89. The molecule has 1 saturated heterocycles. The van der Waals surface area contributed by atoms with E-state index in [1.165, 1.54) is 17.7 Å². The Bertz CT molecular complexity index is 777. The van der Waals surface area contributed by atoms with Crippen molar-refractivity contribution >= 4 is 5.91 Å². The minimum absolute atomic E-state index is 0.144. The summed E-state index contributed by atoms with van der Waals surface area (Å²) in [4.78, 5) is 15.3. The van der Waals surface area contributed by atoms with Gasteiger partial charge in [-0.05, 0) is 57.1 Å². The Labute approximate surface area is 148 Å². The predicted octanol–water partition coefficient (Wildman–Crippen LogP) is 2.42. The lowest BCUT2D eigenvalue weighted by Gasteiger charge is -2.36. The summed E-state index contributed by atoms with van der Waals surface area (Å²) in [6, 6.07) is 2.38. The third-order valence-electron chi connectivity index (χ3n) is 5.66. The Hall–Kier alpha value is -2.11. The van der Waals surface area contributed by atoms with Gasteiger partial charge in [-0.1, -0.05) is 0 Å². The van der Waals surface area contributed by atoms with Crippen LogP contribution in [0.1, 0.15) is 48.6 Å². The van der Waals surface area contributed by atoms with Gasteiger partial charge in [-0.3, -0.25) is 14.2 Å². The van der Waals surface area contributed by atoms with E-state index in [4.69, 9.17) is 0 Å². The third-order valence-corrected chi connectivity index (χ3v) is 5.66. The molecular formula is C19H27N5O. The topological polar surface area (TPSA) is 56.0 Å². The van der Waals surface area contributed by atoms with E-state index in [0.717, 1.165) is 38.0 Å². The Morgan fingerprint density at radius 2 is 2.16 bits per heavy atom. The van der Waals surface area contributed by atoms with E-state index in [-0.39, 0.29) is 12.0 Å². The molecule has 2 aromatic rings. The first-order valence-electron chi connectivity index (χ1n) is 9.33. The molecule has 1 aliphatic heterocycles. The minimum Gasteiger partial charge on any atom is -0.338 e. The molecule has 25 heavy (non-hydrogen) atoms. The van der Waals surface area contributed by atoms with Crippen LogP contribution in [0.3, 0.4) is 0 Å². The third kappa shape index (κ3) is 3.22. The zero-order valence-electron chi connectivity index (χ0n) is 15.4. The van der Waals surface area contributed by atoms with Gasteiger partial charge in [0.05, 0.1) is 24.5 Å². The van der Waals surface area contributed by atoms with Crippen molar-refractivity contribution in [3.05, 3.63) is 35.4 Å². The molecule has 3 atom stereocenters. The molecule has 1 aliphatic carbocycles. The number of aromatic nitrogens is 4. The highest BCUT2D eigenvalue weighted by molar-refractivity contribution is 5.83. The molecule has 1 saturated carbocycles. The lowest BCUT2D eigenvalue weighted by molar-refractivity contribution is -0.136. The van der Waals surface area contributed by atoms with Gasteiger partial charge in [-0.25, -0.2) is 0 Å². The standard InChI is InChI=1S/C19H27N5O/c1-13-8-14(2)24(21-13)12-16-6-4-5-7-23(16)19(25)18-9-17(18)15-10-20-22(3)11-15/h8,10-11,16-18H,4-7,9,12H2,1-3H3/t16-,17+,18-/m0/s1. The van der Waals surface area contributed by atoms with Crippen LogP contribution >= 0.6 is 0 Å². The second-order valence-electron chi connectivity index (χ2n) is 7.69. The van der Waals surface area contributed by atoms with Gasteiger partial charge < -0.3 is 4.90 Å².